The number of allylic oxidation sites excluding steroid dienone is 1. The molecule has 27 heteroatoms. The van der Waals surface area contributed by atoms with Crippen molar-refractivity contribution in [2.75, 3.05) is 60.6 Å². The van der Waals surface area contributed by atoms with Gasteiger partial charge in [0.15, 0.2) is 10.8 Å². The topological polar surface area (TPSA) is 334 Å². The molecule has 0 saturated carbocycles. The normalized spacial score (nSPS) is 13.4. The number of hydrogen-bond donors (Lipinski definition) is 7. The number of carboxylic acids is 2. The van der Waals surface area contributed by atoms with Crippen molar-refractivity contribution in [1.82, 2.24) is 40.2 Å². The molecule has 0 saturated heterocycles. The summed E-state index contributed by atoms with van der Waals surface area (Å²) in [5, 5.41) is 35.5. The standard InChI is InChI=1S/C63H71N11O14S2/c1-37(2)44(33-74-40(5)48(31-65-74)46-19-20-52(69-58(46)61(83)84)72-24-23-41-12-10-13-47(49(41)34-72)60(82)70-62-68-50-14-7-8-15-51(50)90-62)29-38(3)87-27-25-71(26-28-89-86)63(85)88-36-43-17-18-45(30-42(43)11-6-9-16-57(79)80)67-59(81)39(4)66-53(75)32-64-54(76)35-73-55(77)21-22-56(73)78/h7-8,10,12-15,17-22,30-31,38-39,86H,6,9,11,16,23-29,32-36H2,1-5H3,(H,64,76)(H,66,75)(H,67,81)(H,79,80)(H,83,84)(H,68,70,82). The predicted molar refractivity (Wildman–Crippen MR) is 338 cm³/mol. The first-order valence-electron chi connectivity index (χ1n) is 29.1. The molecule has 8 rings (SSSR count). The second-order valence-electron chi connectivity index (χ2n) is 21.8. The Morgan fingerprint density at radius 2 is 1.63 bits per heavy atom. The van der Waals surface area contributed by atoms with Crippen molar-refractivity contribution in [2.24, 2.45) is 0 Å². The fourth-order valence-corrected chi connectivity index (χ4v) is 11.4. The number of fused-ring (bicyclic) bond motifs is 2. The number of aromatic nitrogens is 4. The van der Waals surface area contributed by atoms with Crippen molar-refractivity contribution in [3.63, 3.8) is 0 Å². The van der Waals surface area contributed by atoms with Gasteiger partial charge in [0.1, 0.15) is 25.0 Å². The summed E-state index contributed by atoms with van der Waals surface area (Å²) in [4.78, 5) is 127. The van der Waals surface area contributed by atoms with Crippen LogP contribution in [-0.4, -0.2) is 155 Å². The van der Waals surface area contributed by atoms with Crippen molar-refractivity contribution in [3.8, 4) is 11.1 Å². The number of unbranched alkanes of at least 4 members (excludes halogenated alkanes) is 1. The average Bonchev–Trinajstić information content (AvgIpc) is 1.22. The number of anilines is 3. The number of imide groups is 1. The van der Waals surface area contributed by atoms with E-state index in [2.05, 4.69) is 26.3 Å². The van der Waals surface area contributed by atoms with E-state index in [-0.39, 0.29) is 56.2 Å². The highest BCUT2D eigenvalue weighted by Crippen LogP contribution is 2.33. The molecule has 474 valence electrons. The molecule has 3 aromatic heterocycles. The summed E-state index contributed by atoms with van der Waals surface area (Å²) in [6.07, 6.45) is 4.95. The number of carbonyl (C=O) groups excluding carboxylic acids is 7. The molecule has 25 nitrogen and oxygen atoms in total. The van der Waals surface area contributed by atoms with Gasteiger partial charge in [0, 0.05) is 78.6 Å². The molecule has 7 N–H and O–H groups in total. The number of aliphatic carboxylic acids is 1. The Hall–Kier alpha value is -9.31. The number of para-hydroxylation sites is 1. The van der Waals surface area contributed by atoms with Gasteiger partial charge in [0.25, 0.3) is 17.7 Å². The molecule has 0 radical (unpaired) electrons. The number of nitrogens with zero attached hydrogens (tertiary/aromatic N) is 7. The van der Waals surface area contributed by atoms with Crippen LogP contribution in [-0.2, 0) is 70.8 Å². The van der Waals surface area contributed by atoms with E-state index in [0.717, 1.165) is 50.3 Å². The fourth-order valence-electron chi connectivity index (χ4n) is 10.3. The molecule has 7 amide bonds. The van der Waals surface area contributed by atoms with Gasteiger partial charge in [-0.1, -0.05) is 47.2 Å². The van der Waals surface area contributed by atoms with Crippen LogP contribution in [0.1, 0.15) is 102 Å². The zero-order valence-electron chi connectivity index (χ0n) is 50.4. The van der Waals surface area contributed by atoms with Gasteiger partial charge in [0.05, 0.1) is 42.2 Å². The molecule has 6 aromatic rings. The first-order valence-corrected chi connectivity index (χ1v) is 30.9. The van der Waals surface area contributed by atoms with Crippen molar-refractivity contribution < 1.29 is 67.4 Å². The lowest BCUT2D eigenvalue weighted by Gasteiger charge is -2.31. The smallest absolute Gasteiger partial charge is 0.410 e. The lowest BCUT2D eigenvalue weighted by molar-refractivity contribution is -0.141. The van der Waals surface area contributed by atoms with Gasteiger partial charge in [-0.05, 0) is 149 Å². The molecular formula is C63H71N11O14S2. The number of rotatable bonds is 30. The third kappa shape index (κ3) is 17.7. The van der Waals surface area contributed by atoms with Crippen molar-refractivity contribution >= 4 is 104 Å². The molecule has 90 heavy (non-hydrogen) atoms. The van der Waals surface area contributed by atoms with Crippen LogP contribution < -0.4 is 26.2 Å². The number of nitrogens with one attached hydrogen (secondary N) is 4. The van der Waals surface area contributed by atoms with Crippen molar-refractivity contribution in [3.05, 3.63) is 141 Å². The maximum absolute atomic E-state index is 13.7. The van der Waals surface area contributed by atoms with Gasteiger partial charge in [0.2, 0.25) is 17.7 Å². The second kappa shape index (κ2) is 31.2. The van der Waals surface area contributed by atoms with Gasteiger partial charge in [-0.2, -0.15) is 5.10 Å². The zero-order valence-corrected chi connectivity index (χ0v) is 52.0. The number of thiazole rings is 1. The van der Waals surface area contributed by atoms with Crippen LogP contribution >= 0.6 is 23.4 Å². The highest BCUT2D eigenvalue weighted by atomic mass is 32.2. The van der Waals surface area contributed by atoms with Crippen molar-refractivity contribution in [1.29, 1.82) is 0 Å². The Labute approximate surface area is 527 Å². The summed E-state index contributed by atoms with van der Waals surface area (Å²) in [7, 11) is 0. The molecule has 2 atom stereocenters. The van der Waals surface area contributed by atoms with Crippen LogP contribution in [0.25, 0.3) is 21.3 Å². The van der Waals surface area contributed by atoms with Gasteiger partial charge >= 0.3 is 18.0 Å². The van der Waals surface area contributed by atoms with E-state index in [9.17, 15) is 57.9 Å². The summed E-state index contributed by atoms with van der Waals surface area (Å²) < 4.78 is 24.5. The summed E-state index contributed by atoms with van der Waals surface area (Å²) >= 11 is 1.97. The minimum atomic E-state index is -1.20. The Morgan fingerprint density at radius 1 is 0.856 bits per heavy atom. The summed E-state index contributed by atoms with van der Waals surface area (Å²) in [6.45, 7) is 9.58. The highest BCUT2D eigenvalue weighted by molar-refractivity contribution is 7.93. The molecule has 0 spiro atoms. The molecule has 2 unspecified atom stereocenters. The fraction of sp³-hybridized carbons (Fsp3) is 0.365. The number of aromatic carboxylic acids is 1. The molecule has 0 fully saturated rings. The Bertz CT molecular complexity index is 3710. The van der Waals surface area contributed by atoms with Crippen LogP contribution in [0.5, 0.6) is 0 Å². The van der Waals surface area contributed by atoms with Crippen molar-refractivity contribution in [2.45, 2.75) is 105 Å². The second-order valence-corrected chi connectivity index (χ2v) is 23.5. The minimum Gasteiger partial charge on any atom is -0.481 e. The molecule has 2 aliphatic rings. The number of pyridine rings is 1. The predicted octanol–water partition coefficient (Wildman–Crippen LogP) is 7.63. The van der Waals surface area contributed by atoms with E-state index >= 15 is 0 Å². The maximum Gasteiger partial charge on any atom is 0.410 e. The van der Waals surface area contributed by atoms with Crippen LogP contribution in [0, 0.1) is 6.92 Å². The number of amides is 7. The van der Waals surface area contributed by atoms with Gasteiger partial charge in [-0.15, -0.1) is 0 Å². The van der Waals surface area contributed by atoms with E-state index in [4.69, 9.17) is 19.6 Å². The van der Waals surface area contributed by atoms with E-state index < -0.39 is 66.7 Å². The van der Waals surface area contributed by atoms with Crippen LogP contribution in [0.2, 0.25) is 0 Å². The molecule has 0 bridgehead atoms. The van der Waals surface area contributed by atoms with Crippen LogP contribution in [0.15, 0.2) is 102 Å². The summed E-state index contributed by atoms with van der Waals surface area (Å²) in [5.41, 5.74) is 8.44. The molecule has 5 heterocycles. The largest absolute Gasteiger partial charge is 0.481 e. The highest BCUT2D eigenvalue weighted by Gasteiger charge is 2.29. The number of carboxylic acid groups (broad SMARTS) is 2. The number of ether oxygens (including phenoxy) is 2. The monoisotopic (exact) mass is 1270 g/mol. The molecular weight excluding hydrogens is 1200 g/mol. The minimum absolute atomic E-state index is 0.0627. The SMILES string of the molecule is CC(C)=C(CC(C)OCCN(CCSO)C(=O)OCc1ccc(NC(=O)C(C)NC(=O)CNC(=O)CN2C(=O)C=CC2=O)cc1CCCCC(=O)O)Cn1ncc(-c2ccc(N3CCc4cccc(C(=O)Nc5nc6ccccc6s5)c4C3)nc2C(=O)O)c1C. The Kier molecular flexibility index (Phi) is 23.1. The first kappa shape index (κ1) is 66.6. The van der Waals surface area contributed by atoms with E-state index in [0.29, 0.717) is 113 Å². The maximum atomic E-state index is 13.7. The van der Waals surface area contributed by atoms with E-state index in [1.165, 1.54) is 23.2 Å². The van der Waals surface area contributed by atoms with Gasteiger partial charge in [-0.3, -0.25) is 48.5 Å². The third-order valence-corrected chi connectivity index (χ3v) is 16.5. The summed E-state index contributed by atoms with van der Waals surface area (Å²) in [5.74, 6) is -5.15. The Balaban J connectivity index is 0.839. The molecule has 3 aromatic carbocycles. The lowest BCUT2D eigenvalue weighted by Crippen LogP contribution is -2.47. The van der Waals surface area contributed by atoms with Crippen LogP contribution in [0.3, 0.4) is 0 Å². The molecule has 0 aliphatic carbocycles. The number of carbonyl (C=O) groups is 9. The number of benzene rings is 3. The van der Waals surface area contributed by atoms with E-state index in [1.807, 2.05) is 73.7 Å². The van der Waals surface area contributed by atoms with Gasteiger partial charge < -0.3 is 50.0 Å². The van der Waals surface area contributed by atoms with E-state index in [1.54, 1.807) is 42.6 Å². The van der Waals surface area contributed by atoms with Gasteiger partial charge in [-0.25, -0.2) is 19.6 Å². The molecule has 2 aliphatic heterocycles. The summed E-state index contributed by atoms with van der Waals surface area (Å²) in [6, 6.07) is 20.7. The zero-order chi connectivity index (χ0) is 64.6. The van der Waals surface area contributed by atoms with Crippen LogP contribution in [0.4, 0.5) is 21.4 Å². The quantitative estimate of drug-likeness (QED) is 0.00985. The third-order valence-electron chi connectivity index (χ3n) is 15.2. The average molecular weight is 1270 g/mol. The number of aryl methyl sites for hydroxylation is 1. The lowest BCUT2D eigenvalue weighted by atomic mass is 9.94. The first-order chi connectivity index (χ1) is 43.1. The Morgan fingerprint density at radius 3 is 2.37 bits per heavy atom. The number of hydrogen-bond acceptors (Lipinski definition) is 18.